The third-order valence-corrected chi connectivity index (χ3v) is 5.37. The number of amides is 1. The molecule has 1 fully saturated rings. The van der Waals surface area contributed by atoms with Gasteiger partial charge < -0.3 is 26.8 Å². The van der Waals surface area contributed by atoms with Crippen molar-refractivity contribution in [3.05, 3.63) is 35.7 Å². The summed E-state index contributed by atoms with van der Waals surface area (Å²) in [6, 6.07) is 3.35. The first-order valence-corrected chi connectivity index (χ1v) is 9.00. The number of hydrogen-bond acceptors (Lipinski definition) is 8. The molecular weight excluding hydrogens is 346 g/mol. The second-order valence-electron chi connectivity index (χ2n) is 7.19. The Bertz CT molecular complexity index is 850. The third kappa shape index (κ3) is 3.37. The average molecular weight is 369 g/mol. The van der Waals surface area contributed by atoms with Gasteiger partial charge in [0.25, 0.3) is 0 Å². The summed E-state index contributed by atoms with van der Waals surface area (Å²) in [6.07, 6.45) is 5.70. The Kier molecular flexibility index (Phi) is 4.31. The molecule has 2 aliphatic heterocycles. The first-order chi connectivity index (χ1) is 13.0. The van der Waals surface area contributed by atoms with Crippen molar-refractivity contribution in [1.82, 2.24) is 19.9 Å². The minimum Gasteiger partial charge on any atom is -0.470 e. The second kappa shape index (κ2) is 6.66. The normalized spacial score (nSPS) is 18.8. The molecule has 27 heavy (non-hydrogen) atoms. The van der Waals surface area contributed by atoms with Crippen LogP contribution in [0.5, 0.6) is 5.88 Å². The number of aromatic nitrogens is 3. The number of carbonyl (C=O) groups is 1. The Morgan fingerprint density at radius 1 is 1.30 bits per heavy atom. The molecule has 1 unspecified atom stereocenters. The lowest BCUT2D eigenvalue weighted by atomic mass is 9.87. The number of pyridine rings is 1. The molecule has 1 amide bonds. The van der Waals surface area contributed by atoms with Crippen molar-refractivity contribution < 1.29 is 9.53 Å². The standard InChI is InChI=1S/C18H23N7O2/c19-13(11-2-1-5-22-10-11)8-14(26)25-6-3-18(4-7-25)9-12-15(20)23-17(21)24-16(12)27-18/h1-2,5,10,13H,3-4,6-9,19H2,(H4,20,21,23,24). The molecule has 0 radical (unpaired) electrons. The van der Waals surface area contributed by atoms with Gasteiger partial charge in [-0.05, 0) is 11.6 Å². The molecule has 4 heterocycles. The summed E-state index contributed by atoms with van der Waals surface area (Å²) in [7, 11) is 0. The van der Waals surface area contributed by atoms with E-state index in [1.165, 1.54) is 0 Å². The van der Waals surface area contributed by atoms with Crippen LogP contribution in [-0.4, -0.2) is 44.4 Å². The molecule has 0 bridgehead atoms. The van der Waals surface area contributed by atoms with Crippen LogP contribution in [0.4, 0.5) is 11.8 Å². The summed E-state index contributed by atoms with van der Waals surface area (Å²) in [4.78, 5) is 26.7. The summed E-state index contributed by atoms with van der Waals surface area (Å²) in [5, 5.41) is 0. The SMILES string of the molecule is Nc1nc(N)c2c(n1)OC1(CCN(C(=O)CC(N)c3cccnc3)CC1)C2. The Hall–Kier alpha value is -2.94. The van der Waals surface area contributed by atoms with Gasteiger partial charge >= 0.3 is 0 Å². The predicted octanol–water partition coefficient (Wildman–Crippen LogP) is 0.422. The van der Waals surface area contributed by atoms with Gasteiger partial charge in [0.05, 0.1) is 5.56 Å². The van der Waals surface area contributed by atoms with Crippen molar-refractivity contribution in [2.45, 2.75) is 37.3 Å². The first kappa shape index (κ1) is 17.5. The fourth-order valence-corrected chi connectivity index (χ4v) is 3.78. The van der Waals surface area contributed by atoms with Gasteiger partial charge in [-0.3, -0.25) is 9.78 Å². The summed E-state index contributed by atoms with van der Waals surface area (Å²) in [5.41, 5.74) is 19.0. The summed E-state index contributed by atoms with van der Waals surface area (Å²) >= 11 is 0. The quantitative estimate of drug-likeness (QED) is 0.705. The zero-order valence-electron chi connectivity index (χ0n) is 15.0. The van der Waals surface area contributed by atoms with Gasteiger partial charge in [0.2, 0.25) is 17.7 Å². The van der Waals surface area contributed by atoms with Crippen LogP contribution in [0.25, 0.3) is 0 Å². The number of ether oxygens (including phenoxy) is 1. The van der Waals surface area contributed by atoms with Crippen LogP contribution >= 0.6 is 0 Å². The van der Waals surface area contributed by atoms with Crippen LogP contribution < -0.4 is 21.9 Å². The van der Waals surface area contributed by atoms with E-state index >= 15 is 0 Å². The maximum Gasteiger partial charge on any atom is 0.225 e. The molecule has 1 spiro atoms. The van der Waals surface area contributed by atoms with Gasteiger partial charge in [-0.2, -0.15) is 9.97 Å². The van der Waals surface area contributed by atoms with E-state index in [4.69, 9.17) is 21.9 Å². The molecule has 2 aliphatic rings. The fourth-order valence-electron chi connectivity index (χ4n) is 3.78. The largest absolute Gasteiger partial charge is 0.470 e. The second-order valence-corrected chi connectivity index (χ2v) is 7.19. The highest BCUT2D eigenvalue weighted by atomic mass is 16.5. The van der Waals surface area contributed by atoms with E-state index in [0.29, 0.717) is 44.0 Å². The first-order valence-electron chi connectivity index (χ1n) is 9.00. The van der Waals surface area contributed by atoms with Crippen LogP contribution in [0.3, 0.4) is 0 Å². The molecule has 142 valence electrons. The zero-order chi connectivity index (χ0) is 19.0. The molecule has 4 rings (SSSR count). The van der Waals surface area contributed by atoms with Crippen LogP contribution in [-0.2, 0) is 11.2 Å². The van der Waals surface area contributed by atoms with E-state index in [1.54, 1.807) is 12.4 Å². The number of fused-ring (bicyclic) bond motifs is 1. The van der Waals surface area contributed by atoms with Crippen LogP contribution in [0.1, 0.15) is 36.4 Å². The van der Waals surface area contributed by atoms with E-state index in [9.17, 15) is 4.79 Å². The van der Waals surface area contributed by atoms with Crippen molar-refractivity contribution in [2.75, 3.05) is 24.6 Å². The number of nitrogens with two attached hydrogens (primary N) is 3. The lowest BCUT2D eigenvalue weighted by molar-refractivity contribution is -0.134. The number of rotatable bonds is 3. The number of piperidine rings is 1. The lowest BCUT2D eigenvalue weighted by Gasteiger charge is -2.38. The van der Waals surface area contributed by atoms with Gasteiger partial charge in [-0.1, -0.05) is 6.07 Å². The van der Waals surface area contributed by atoms with E-state index in [0.717, 1.165) is 11.1 Å². The minimum atomic E-state index is -0.388. The zero-order valence-corrected chi connectivity index (χ0v) is 15.0. The topological polar surface area (TPSA) is 146 Å². The van der Waals surface area contributed by atoms with E-state index < -0.39 is 0 Å². The molecule has 0 aliphatic carbocycles. The molecule has 1 atom stereocenters. The minimum absolute atomic E-state index is 0.0419. The fraction of sp³-hybridized carbons (Fsp3) is 0.444. The Morgan fingerprint density at radius 3 is 2.78 bits per heavy atom. The Labute approximate surface area is 156 Å². The Morgan fingerprint density at radius 2 is 2.07 bits per heavy atom. The van der Waals surface area contributed by atoms with Crippen LogP contribution in [0.15, 0.2) is 24.5 Å². The summed E-state index contributed by atoms with van der Waals surface area (Å²) in [6.45, 7) is 1.21. The molecular formula is C18H23N7O2. The number of anilines is 2. The van der Waals surface area contributed by atoms with Crippen molar-refractivity contribution in [2.24, 2.45) is 5.73 Å². The predicted molar refractivity (Wildman–Crippen MR) is 99.5 cm³/mol. The summed E-state index contributed by atoms with van der Waals surface area (Å²) in [5.74, 6) is 0.995. The van der Waals surface area contributed by atoms with Crippen LogP contribution in [0, 0.1) is 0 Å². The molecule has 2 aromatic heterocycles. The lowest BCUT2D eigenvalue weighted by Crippen LogP contribution is -2.49. The molecule has 0 aromatic carbocycles. The maximum absolute atomic E-state index is 12.6. The highest BCUT2D eigenvalue weighted by Crippen LogP contribution is 2.42. The highest BCUT2D eigenvalue weighted by molar-refractivity contribution is 5.77. The van der Waals surface area contributed by atoms with Crippen molar-refractivity contribution in [3.63, 3.8) is 0 Å². The number of nitrogens with zero attached hydrogens (tertiary/aromatic N) is 4. The number of carbonyl (C=O) groups excluding carboxylic acids is 1. The molecule has 6 N–H and O–H groups in total. The van der Waals surface area contributed by atoms with Crippen LogP contribution in [0.2, 0.25) is 0 Å². The van der Waals surface area contributed by atoms with Crippen molar-refractivity contribution in [3.8, 4) is 5.88 Å². The molecule has 1 saturated heterocycles. The number of hydrogen-bond donors (Lipinski definition) is 3. The highest BCUT2D eigenvalue weighted by Gasteiger charge is 2.44. The molecule has 9 heteroatoms. The van der Waals surface area contributed by atoms with Gasteiger partial charge in [-0.25, -0.2) is 0 Å². The maximum atomic E-state index is 12.6. The third-order valence-electron chi connectivity index (χ3n) is 5.37. The molecule has 2 aromatic rings. The smallest absolute Gasteiger partial charge is 0.225 e. The van der Waals surface area contributed by atoms with Gasteiger partial charge in [-0.15, -0.1) is 0 Å². The van der Waals surface area contributed by atoms with Crippen molar-refractivity contribution >= 4 is 17.7 Å². The van der Waals surface area contributed by atoms with Gasteiger partial charge in [0.1, 0.15) is 11.4 Å². The van der Waals surface area contributed by atoms with Crippen molar-refractivity contribution in [1.29, 1.82) is 0 Å². The van der Waals surface area contributed by atoms with Gasteiger partial charge in [0.15, 0.2) is 0 Å². The van der Waals surface area contributed by atoms with Gasteiger partial charge in [0, 0.05) is 57.2 Å². The van der Waals surface area contributed by atoms with E-state index in [2.05, 4.69) is 15.0 Å². The Balaban J connectivity index is 1.37. The summed E-state index contributed by atoms with van der Waals surface area (Å²) < 4.78 is 6.09. The number of likely N-dealkylation sites (tertiary alicyclic amines) is 1. The average Bonchev–Trinajstić information content (AvgIpc) is 3.01. The molecule has 0 saturated carbocycles. The van der Waals surface area contributed by atoms with E-state index in [1.807, 2.05) is 17.0 Å². The monoisotopic (exact) mass is 369 g/mol. The number of nitrogen functional groups attached to an aromatic ring is 2. The molecule has 9 nitrogen and oxygen atoms in total. The van der Waals surface area contributed by atoms with E-state index in [-0.39, 0.29) is 29.9 Å².